The van der Waals surface area contributed by atoms with Gasteiger partial charge in [0, 0.05) is 25.6 Å². The minimum atomic E-state index is -0.0218. The molecule has 1 saturated carbocycles. The van der Waals surface area contributed by atoms with Crippen molar-refractivity contribution in [3.05, 3.63) is 59.5 Å². The number of hydrogen-bond donors (Lipinski definition) is 1. The lowest BCUT2D eigenvalue weighted by molar-refractivity contribution is -0.121. The second-order valence-electron chi connectivity index (χ2n) is 8.58. The summed E-state index contributed by atoms with van der Waals surface area (Å²) < 4.78 is 5.28. The maximum Gasteiger partial charge on any atom is 0.289 e. The van der Waals surface area contributed by atoms with E-state index < -0.39 is 0 Å². The molecule has 1 spiro atoms. The van der Waals surface area contributed by atoms with Gasteiger partial charge >= 0.3 is 0 Å². The van der Waals surface area contributed by atoms with E-state index in [4.69, 9.17) is 4.42 Å². The zero-order valence-electron chi connectivity index (χ0n) is 16.0. The molecule has 2 aromatic rings. The Labute approximate surface area is 165 Å². The number of carbonyl (C=O) groups is 2. The van der Waals surface area contributed by atoms with Crippen molar-refractivity contribution in [2.24, 2.45) is 0 Å². The van der Waals surface area contributed by atoms with E-state index in [1.54, 1.807) is 18.4 Å². The Morgan fingerprint density at radius 2 is 1.89 bits per heavy atom. The van der Waals surface area contributed by atoms with E-state index in [1.807, 2.05) is 4.90 Å². The monoisotopic (exact) mass is 378 g/mol. The average molecular weight is 378 g/mol. The molecule has 3 aliphatic rings. The highest BCUT2D eigenvalue weighted by atomic mass is 16.3. The largest absolute Gasteiger partial charge is 0.459 e. The zero-order valence-corrected chi connectivity index (χ0v) is 16.0. The fourth-order valence-electron chi connectivity index (χ4n) is 5.12. The Morgan fingerprint density at radius 1 is 1.11 bits per heavy atom. The van der Waals surface area contributed by atoms with Gasteiger partial charge < -0.3 is 14.6 Å². The molecule has 0 bridgehead atoms. The molecule has 5 nitrogen and oxygen atoms in total. The van der Waals surface area contributed by atoms with E-state index in [9.17, 15) is 9.59 Å². The van der Waals surface area contributed by atoms with Crippen LogP contribution in [0.1, 0.15) is 66.1 Å². The number of amides is 2. The molecule has 2 fully saturated rings. The quantitative estimate of drug-likeness (QED) is 0.884. The number of benzene rings is 1. The molecule has 5 heteroatoms. The van der Waals surface area contributed by atoms with Crippen molar-refractivity contribution in [1.82, 2.24) is 10.2 Å². The fraction of sp³-hybridized carbons (Fsp3) is 0.478. The molecule has 28 heavy (non-hydrogen) atoms. The van der Waals surface area contributed by atoms with Gasteiger partial charge in [-0.05, 0) is 66.7 Å². The first-order valence-electron chi connectivity index (χ1n) is 10.4. The predicted octanol–water partition coefficient (Wildman–Crippen LogP) is 3.61. The van der Waals surface area contributed by atoms with Crippen LogP contribution in [0.5, 0.6) is 0 Å². The van der Waals surface area contributed by atoms with Crippen molar-refractivity contribution in [2.45, 2.75) is 55.9 Å². The molecule has 1 aromatic carbocycles. The van der Waals surface area contributed by atoms with E-state index in [2.05, 4.69) is 29.6 Å². The van der Waals surface area contributed by atoms with Crippen molar-refractivity contribution in [3.8, 4) is 0 Å². The first-order valence-corrected chi connectivity index (χ1v) is 10.4. The van der Waals surface area contributed by atoms with Gasteiger partial charge in [0.15, 0.2) is 5.76 Å². The molecule has 5 rings (SSSR count). The highest BCUT2D eigenvalue weighted by Crippen LogP contribution is 2.52. The van der Waals surface area contributed by atoms with Gasteiger partial charge in [-0.2, -0.15) is 0 Å². The van der Waals surface area contributed by atoms with Crippen molar-refractivity contribution in [2.75, 3.05) is 13.1 Å². The Bertz CT molecular complexity index is 877. The minimum absolute atomic E-state index is 0.0218. The van der Waals surface area contributed by atoms with Crippen LogP contribution in [0.4, 0.5) is 0 Å². The van der Waals surface area contributed by atoms with Gasteiger partial charge in [0.05, 0.1) is 6.26 Å². The number of furan rings is 1. The van der Waals surface area contributed by atoms with Gasteiger partial charge in [-0.25, -0.2) is 0 Å². The third kappa shape index (κ3) is 3.13. The number of hydrogen-bond acceptors (Lipinski definition) is 3. The molecule has 2 aliphatic carbocycles. The van der Waals surface area contributed by atoms with E-state index in [0.29, 0.717) is 18.2 Å². The first-order chi connectivity index (χ1) is 13.6. The summed E-state index contributed by atoms with van der Waals surface area (Å²) >= 11 is 0. The molecule has 1 N–H and O–H groups in total. The summed E-state index contributed by atoms with van der Waals surface area (Å²) in [5.74, 6) is 0.857. The molecule has 0 unspecified atom stereocenters. The normalized spacial score (nSPS) is 22.9. The molecule has 1 aromatic heterocycles. The van der Waals surface area contributed by atoms with Gasteiger partial charge in [-0.1, -0.05) is 24.3 Å². The molecule has 0 radical (unpaired) electrons. The van der Waals surface area contributed by atoms with Gasteiger partial charge in [-0.15, -0.1) is 0 Å². The zero-order chi connectivity index (χ0) is 19.1. The second-order valence-corrected chi connectivity index (χ2v) is 8.58. The summed E-state index contributed by atoms with van der Waals surface area (Å²) in [5.41, 5.74) is 2.81. The highest BCUT2D eigenvalue weighted by Gasteiger charge is 2.46. The van der Waals surface area contributed by atoms with Crippen molar-refractivity contribution < 1.29 is 14.0 Å². The number of likely N-dealkylation sites (tertiary alicyclic amines) is 1. The van der Waals surface area contributed by atoms with Gasteiger partial charge in [0.1, 0.15) is 0 Å². The summed E-state index contributed by atoms with van der Waals surface area (Å²) in [6.07, 6.45) is 7.25. The summed E-state index contributed by atoms with van der Waals surface area (Å²) in [6, 6.07) is 12.5. The van der Waals surface area contributed by atoms with Crippen LogP contribution in [-0.2, 0) is 10.2 Å². The van der Waals surface area contributed by atoms with Crippen LogP contribution in [0.3, 0.4) is 0 Å². The van der Waals surface area contributed by atoms with Crippen LogP contribution in [0.2, 0.25) is 0 Å². The Balaban J connectivity index is 1.31. The molecule has 2 heterocycles. The van der Waals surface area contributed by atoms with E-state index >= 15 is 0 Å². The molecule has 146 valence electrons. The van der Waals surface area contributed by atoms with Crippen LogP contribution in [0.25, 0.3) is 0 Å². The topological polar surface area (TPSA) is 62.6 Å². The van der Waals surface area contributed by atoms with Crippen molar-refractivity contribution in [3.63, 3.8) is 0 Å². The van der Waals surface area contributed by atoms with Crippen LogP contribution >= 0.6 is 0 Å². The molecule has 1 aliphatic heterocycles. The van der Waals surface area contributed by atoms with E-state index in [0.717, 1.165) is 45.2 Å². The number of rotatable bonds is 4. The number of nitrogens with one attached hydrogen (secondary N) is 1. The lowest BCUT2D eigenvalue weighted by Crippen LogP contribution is -2.44. The van der Waals surface area contributed by atoms with Crippen molar-refractivity contribution in [1.29, 1.82) is 0 Å². The second kappa shape index (κ2) is 6.80. The predicted molar refractivity (Wildman–Crippen MR) is 105 cm³/mol. The Hall–Kier alpha value is -2.56. The standard InChI is InChI=1S/C23H26N2O3/c26-21(24-17-7-8-17)14-16-15-23(19-5-2-1-4-18(16)19)9-11-25(12-10-23)22(27)20-6-3-13-28-20/h1-6,13,16-17H,7-12,14-15H2,(H,24,26)/t16-/m0/s1. The van der Waals surface area contributed by atoms with Crippen LogP contribution in [0.15, 0.2) is 47.1 Å². The molecule has 1 atom stereocenters. The smallest absolute Gasteiger partial charge is 0.289 e. The molecule has 1 saturated heterocycles. The highest BCUT2D eigenvalue weighted by molar-refractivity contribution is 5.91. The van der Waals surface area contributed by atoms with Crippen molar-refractivity contribution >= 4 is 11.8 Å². The summed E-state index contributed by atoms with van der Waals surface area (Å²) in [4.78, 5) is 26.9. The summed E-state index contributed by atoms with van der Waals surface area (Å²) in [6.45, 7) is 1.46. The third-order valence-electron chi connectivity index (χ3n) is 6.72. The lowest BCUT2D eigenvalue weighted by Gasteiger charge is -2.40. The number of fused-ring (bicyclic) bond motifs is 2. The number of carbonyl (C=O) groups excluding carboxylic acids is 2. The fourth-order valence-corrected chi connectivity index (χ4v) is 5.12. The number of piperidine rings is 1. The third-order valence-corrected chi connectivity index (χ3v) is 6.72. The molecule has 2 amide bonds. The van der Waals surface area contributed by atoms with Gasteiger partial charge in [0.2, 0.25) is 5.91 Å². The summed E-state index contributed by atoms with van der Waals surface area (Å²) in [5, 5.41) is 3.14. The average Bonchev–Trinajstić information content (AvgIpc) is 3.25. The number of nitrogens with zero attached hydrogens (tertiary/aromatic N) is 1. The lowest BCUT2D eigenvalue weighted by atomic mass is 9.73. The minimum Gasteiger partial charge on any atom is -0.459 e. The van der Waals surface area contributed by atoms with E-state index in [-0.39, 0.29) is 23.1 Å². The van der Waals surface area contributed by atoms with Gasteiger partial charge in [0.25, 0.3) is 5.91 Å². The molecular formula is C23H26N2O3. The maximum atomic E-state index is 12.6. The van der Waals surface area contributed by atoms with Crippen LogP contribution in [-0.4, -0.2) is 35.8 Å². The Morgan fingerprint density at radius 3 is 2.61 bits per heavy atom. The molecular weight excluding hydrogens is 352 g/mol. The van der Waals surface area contributed by atoms with E-state index in [1.165, 1.54) is 11.1 Å². The van der Waals surface area contributed by atoms with Crippen LogP contribution < -0.4 is 5.32 Å². The van der Waals surface area contributed by atoms with Gasteiger partial charge in [-0.3, -0.25) is 9.59 Å². The van der Waals surface area contributed by atoms with Crippen LogP contribution in [0, 0.1) is 0 Å². The first kappa shape index (κ1) is 17.5. The maximum absolute atomic E-state index is 12.6. The summed E-state index contributed by atoms with van der Waals surface area (Å²) in [7, 11) is 0. The Kier molecular flexibility index (Phi) is 4.26. The SMILES string of the molecule is O=C(C[C@H]1CC2(CCN(C(=O)c3ccco3)CC2)c2ccccc21)NC1CC1.